The summed E-state index contributed by atoms with van der Waals surface area (Å²) < 4.78 is 5.32. The molecule has 0 aliphatic carbocycles. The zero-order valence-corrected chi connectivity index (χ0v) is 14.5. The van der Waals surface area contributed by atoms with E-state index in [1.807, 2.05) is 0 Å². The Morgan fingerprint density at radius 2 is 1.44 bits per heavy atom. The third-order valence-electron chi connectivity index (χ3n) is 5.12. The molecule has 1 aliphatic heterocycles. The highest BCUT2D eigenvalue weighted by Gasteiger charge is 2.40. The maximum absolute atomic E-state index is 5.32. The first-order valence-corrected chi connectivity index (χ1v) is 8.82. The summed E-state index contributed by atoms with van der Waals surface area (Å²) in [5, 5.41) is 0. The normalized spacial score (nSPS) is 20.0. The van der Waals surface area contributed by atoms with E-state index in [1.54, 1.807) is 7.11 Å². The van der Waals surface area contributed by atoms with E-state index in [1.165, 1.54) is 16.7 Å². The molecule has 4 rings (SSSR count). The van der Waals surface area contributed by atoms with Gasteiger partial charge in [0, 0.05) is 25.0 Å². The number of nitrogens with zero attached hydrogens (tertiary/aromatic N) is 1. The second-order valence-corrected chi connectivity index (χ2v) is 6.65. The molecular weight excluding hydrogens is 306 g/mol. The molecule has 3 aromatic carbocycles. The first-order valence-electron chi connectivity index (χ1n) is 8.82. The number of ether oxygens (including phenoxy) is 1. The van der Waals surface area contributed by atoms with Crippen LogP contribution in [0.25, 0.3) is 0 Å². The van der Waals surface area contributed by atoms with E-state index in [9.17, 15) is 0 Å². The topological polar surface area (TPSA) is 12.5 Å². The zero-order chi connectivity index (χ0) is 17.1. The maximum atomic E-state index is 5.32. The fourth-order valence-corrected chi connectivity index (χ4v) is 3.80. The summed E-state index contributed by atoms with van der Waals surface area (Å²) in [5.74, 6) is 1.45. The summed E-state index contributed by atoms with van der Waals surface area (Å²) in [5.41, 5.74) is 4.15. The third kappa shape index (κ3) is 3.31. The maximum Gasteiger partial charge on any atom is 0.118 e. The summed E-state index contributed by atoms with van der Waals surface area (Å²) in [6.07, 6.45) is 0. The molecule has 25 heavy (non-hydrogen) atoms. The second kappa shape index (κ2) is 7.12. The van der Waals surface area contributed by atoms with Crippen molar-refractivity contribution in [1.82, 2.24) is 4.90 Å². The van der Waals surface area contributed by atoms with Gasteiger partial charge in [-0.15, -0.1) is 0 Å². The Kier molecular flexibility index (Phi) is 4.53. The van der Waals surface area contributed by atoms with Crippen LogP contribution in [0.5, 0.6) is 5.75 Å². The molecule has 2 heteroatoms. The van der Waals surface area contributed by atoms with Gasteiger partial charge in [-0.1, -0.05) is 72.8 Å². The molecule has 2 atom stereocenters. The minimum atomic E-state index is 0.411. The van der Waals surface area contributed by atoms with E-state index in [2.05, 4.69) is 89.8 Å². The number of methoxy groups -OCH3 is 1. The van der Waals surface area contributed by atoms with Gasteiger partial charge in [0.1, 0.15) is 5.75 Å². The summed E-state index contributed by atoms with van der Waals surface area (Å²) in [4.78, 5) is 2.56. The second-order valence-electron chi connectivity index (χ2n) is 6.65. The zero-order valence-electron chi connectivity index (χ0n) is 14.5. The van der Waals surface area contributed by atoms with E-state index in [0.29, 0.717) is 12.0 Å². The van der Waals surface area contributed by atoms with Gasteiger partial charge in [0.2, 0.25) is 0 Å². The van der Waals surface area contributed by atoms with Gasteiger partial charge in [-0.25, -0.2) is 0 Å². The minimum Gasteiger partial charge on any atom is -0.497 e. The van der Waals surface area contributed by atoms with E-state index >= 15 is 0 Å². The molecule has 0 saturated carbocycles. The van der Waals surface area contributed by atoms with Gasteiger partial charge in [0.15, 0.2) is 0 Å². The van der Waals surface area contributed by atoms with Crippen molar-refractivity contribution in [2.75, 3.05) is 13.7 Å². The van der Waals surface area contributed by atoms with Gasteiger partial charge in [-0.2, -0.15) is 0 Å². The first kappa shape index (κ1) is 15.9. The number of hydrogen-bond donors (Lipinski definition) is 0. The Bertz CT molecular complexity index is 799. The molecule has 0 amide bonds. The van der Waals surface area contributed by atoms with Crippen LogP contribution in [0.15, 0.2) is 84.9 Å². The predicted molar refractivity (Wildman–Crippen MR) is 102 cm³/mol. The quantitative estimate of drug-likeness (QED) is 0.650. The van der Waals surface area contributed by atoms with Crippen LogP contribution in [-0.4, -0.2) is 18.6 Å². The summed E-state index contributed by atoms with van der Waals surface area (Å²) >= 11 is 0. The van der Waals surface area contributed by atoms with Crippen molar-refractivity contribution in [3.63, 3.8) is 0 Å². The standard InChI is InChI=1S/C23H23NO/c1-25-21-14-12-20(13-15-21)23-22(19-10-6-3-7-11-19)17-24(23)16-18-8-4-2-5-9-18/h2-15,22-23H,16-17H2,1H3/t22-,23-/m0/s1. The van der Waals surface area contributed by atoms with Gasteiger partial charge in [-0.3, -0.25) is 4.90 Å². The van der Waals surface area contributed by atoms with Crippen molar-refractivity contribution in [3.8, 4) is 5.75 Å². The molecule has 0 spiro atoms. The van der Waals surface area contributed by atoms with Crippen molar-refractivity contribution in [2.45, 2.75) is 18.5 Å². The molecule has 0 bridgehead atoms. The van der Waals surface area contributed by atoms with Crippen LogP contribution in [0.1, 0.15) is 28.7 Å². The van der Waals surface area contributed by atoms with Gasteiger partial charge in [0.05, 0.1) is 7.11 Å². The lowest BCUT2D eigenvalue weighted by Crippen LogP contribution is -2.47. The lowest BCUT2D eigenvalue weighted by molar-refractivity contribution is 0.0501. The molecule has 0 N–H and O–H groups in total. The van der Waals surface area contributed by atoms with Crippen molar-refractivity contribution in [3.05, 3.63) is 102 Å². The number of likely N-dealkylation sites (tertiary alicyclic amines) is 1. The molecule has 1 aliphatic rings. The highest BCUT2D eigenvalue weighted by atomic mass is 16.5. The average Bonchev–Trinajstić information content (AvgIpc) is 2.67. The monoisotopic (exact) mass is 329 g/mol. The van der Waals surface area contributed by atoms with Gasteiger partial charge in [0.25, 0.3) is 0 Å². The molecular formula is C23H23NO. The lowest BCUT2D eigenvalue weighted by atomic mass is 9.78. The smallest absolute Gasteiger partial charge is 0.118 e. The molecule has 0 unspecified atom stereocenters. The largest absolute Gasteiger partial charge is 0.497 e. The van der Waals surface area contributed by atoms with Crippen molar-refractivity contribution in [2.24, 2.45) is 0 Å². The number of rotatable bonds is 5. The van der Waals surface area contributed by atoms with E-state index in [-0.39, 0.29) is 0 Å². The highest BCUT2D eigenvalue weighted by Crippen LogP contribution is 2.46. The van der Waals surface area contributed by atoms with Crippen LogP contribution >= 0.6 is 0 Å². The highest BCUT2D eigenvalue weighted by molar-refractivity contribution is 5.36. The Morgan fingerprint density at radius 3 is 2.08 bits per heavy atom. The first-order chi connectivity index (χ1) is 12.3. The Labute approximate surface area is 149 Å². The third-order valence-corrected chi connectivity index (χ3v) is 5.12. The van der Waals surface area contributed by atoms with E-state index in [0.717, 1.165) is 18.8 Å². The fraction of sp³-hybridized carbons (Fsp3) is 0.217. The van der Waals surface area contributed by atoms with Gasteiger partial charge in [-0.05, 0) is 28.8 Å². The summed E-state index contributed by atoms with van der Waals surface area (Å²) in [6, 6.07) is 30.6. The van der Waals surface area contributed by atoms with Crippen molar-refractivity contribution < 1.29 is 4.74 Å². The summed E-state index contributed by atoms with van der Waals surface area (Å²) in [6.45, 7) is 2.08. The minimum absolute atomic E-state index is 0.411. The van der Waals surface area contributed by atoms with E-state index in [4.69, 9.17) is 4.74 Å². The summed E-state index contributed by atoms with van der Waals surface area (Å²) in [7, 11) is 1.72. The van der Waals surface area contributed by atoms with Crippen LogP contribution in [0.2, 0.25) is 0 Å². The fourth-order valence-electron chi connectivity index (χ4n) is 3.80. The van der Waals surface area contributed by atoms with Crippen LogP contribution in [0, 0.1) is 0 Å². The van der Waals surface area contributed by atoms with Crippen LogP contribution in [-0.2, 0) is 6.54 Å². The van der Waals surface area contributed by atoms with Crippen LogP contribution < -0.4 is 4.74 Å². The van der Waals surface area contributed by atoms with Crippen molar-refractivity contribution >= 4 is 0 Å². The van der Waals surface area contributed by atoms with Gasteiger partial charge >= 0.3 is 0 Å². The molecule has 1 heterocycles. The molecule has 126 valence electrons. The van der Waals surface area contributed by atoms with Crippen LogP contribution in [0.3, 0.4) is 0 Å². The Hall–Kier alpha value is -2.58. The van der Waals surface area contributed by atoms with E-state index < -0.39 is 0 Å². The number of benzene rings is 3. The molecule has 1 saturated heterocycles. The average molecular weight is 329 g/mol. The van der Waals surface area contributed by atoms with Gasteiger partial charge < -0.3 is 4.74 Å². The molecule has 2 nitrogen and oxygen atoms in total. The molecule has 1 fully saturated rings. The molecule has 0 aromatic heterocycles. The molecule has 0 radical (unpaired) electrons. The SMILES string of the molecule is COc1ccc([C@H]2[C@H](c3ccccc3)CN2Cc2ccccc2)cc1. The van der Waals surface area contributed by atoms with Crippen molar-refractivity contribution in [1.29, 1.82) is 0 Å². The molecule has 3 aromatic rings. The lowest BCUT2D eigenvalue weighted by Gasteiger charge is -2.49. The van der Waals surface area contributed by atoms with Crippen LogP contribution in [0.4, 0.5) is 0 Å². The Morgan fingerprint density at radius 1 is 0.800 bits per heavy atom. The number of hydrogen-bond acceptors (Lipinski definition) is 2. The Balaban J connectivity index is 1.61. The predicted octanol–water partition coefficient (Wildman–Crippen LogP) is 5.04.